The fourth-order valence-corrected chi connectivity index (χ4v) is 3.63. The van der Waals surface area contributed by atoms with Crippen molar-refractivity contribution in [1.82, 2.24) is 15.0 Å². The number of aromatic nitrogens is 2. The van der Waals surface area contributed by atoms with E-state index in [4.69, 9.17) is 9.26 Å². The van der Waals surface area contributed by atoms with E-state index < -0.39 is 0 Å². The number of hydrogen-bond acceptors (Lipinski definition) is 5. The van der Waals surface area contributed by atoms with Crippen LogP contribution in [0.15, 0.2) is 53.1 Å². The molecule has 0 N–H and O–H groups in total. The first-order valence-corrected chi connectivity index (χ1v) is 10.2. The summed E-state index contributed by atoms with van der Waals surface area (Å²) in [4.78, 5) is 18.9. The van der Waals surface area contributed by atoms with E-state index in [-0.39, 0.29) is 23.7 Å². The van der Waals surface area contributed by atoms with Gasteiger partial charge in [-0.15, -0.1) is 0 Å². The third kappa shape index (κ3) is 4.20. The van der Waals surface area contributed by atoms with Crippen molar-refractivity contribution in [3.63, 3.8) is 0 Å². The van der Waals surface area contributed by atoms with Crippen LogP contribution in [0.25, 0.3) is 11.4 Å². The number of halogens is 1. The molecule has 1 aliphatic heterocycles. The summed E-state index contributed by atoms with van der Waals surface area (Å²) in [7, 11) is 0. The Balaban J connectivity index is 1.45. The molecule has 6 nitrogen and oxygen atoms in total. The molecule has 0 radical (unpaired) electrons. The Kier molecular flexibility index (Phi) is 5.79. The van der Waals surface area contributed by atoms with Gasteiger partial charge in [-0.05, 0) is 55.3 Å². The number of likely N-dealkylation sites (tertiary alicyclic amines) is 1. The van der Waals surface area contributed by atoms with Crippen molar-refractivity contribution in [2.45, 2.75) is 38.6 Å². The second-order valence-electron chi connectivity index (χ2n) is 7.50. The van der Waals surface area contributed by atoms with Gasteiger partial charge in [-0.25, -0.2) is 4.39 Å². The van der Waals surface area contributed by atoms with Gasteiger partial charge in [0.05, 0.1) is 18.6 Å². The molecule has 4 rings (SSSR count). The molecule has 3 aromatic rings. The third-order valence-electron chi connectivity index (χ3n) is 5.35. The smallest absolute Gasteiger partial charge is 0.232 e. The Labute approximate surface area is 174 Å². The van der Waals surface area contributed by atoms with Crippen LogP contribution in [-0.2, 0) is 4.79 Å². The summed E-state index contributed by atoms with van der Waals surface area (Å²) in [5, 5.41) is 4.09. The molecule has 2 aromatic carbocycles. The number of benzene rings is 2. The summed E-state index contributed by atoms with van der Waals surface area (Å²) >= 11 is 0. The lowest BCUT2D eigenvalue weighted by Crippen LogP contribution is -2.28. The van der Waals surface area contributed by atoms with Gasteiger partial charge in [0.15, 0.2) is 0 Å². The second-order valence-corrected chi connectivity index (χ2v) is 7.50. The predicted molar refractivity (Wildman–Crippen MR) is 109 cm³/mol. The van der Waals surface area contributed by atoms with E-state index in [1.165, 1.54) is 12.1 Å². The maximum atomic E-state index is 13.2. The molecule has 2 unspecified atom stereocenters. The first-order valence-electron chi connectivity index (χ1n) is 10.2. The van der Waals surface area contributed by atoms with Crippen molar-refractivity contribution in [3.8, 4) is 17.1 Å². The molecule has 0 aliphatic carbocycles. The summed E-state index contributed by atoms with van der Waals surface area (Å²) < 4.78 is 24.3. The van der Waals surface area contributed by atoms with E-state index in [1.54, 1.807) is 17.0 Å². The zero-order valence-corrected chi connectivity index (χ0v) is 17.0. The summed E-state index contributed by atoms with van der Waals surface area (Å²) in [6, 6.07) is 13.6. The lowest BCUT2D eigenvalue weighted by molar-refractivity contribution is -0.129. The first-order chi connectivity index (χ1) is 14.5. The van der Waals surface area contributed by atoms with Crippen LogP contribution in [-0.4, -0.2) is 34.1 Å². The maximum absolute atomic E-state index is 13.2. The van der Waals surface area contributed by atoms with Crippen molar-refractivity contribution in [3.05, 3.63) is 65.8 Å². The summed E-state index contributed by atoms with van der Waals surface area (Å²) in [6.07, 6.45) is 1.27. The highest BCUT2D eigenvalue weighted by Crippen LogP contribution is 2.34. The van der Waals surface area contributed by atoms with Gasteiger partial charge < -0.3 is 14.2 Å². The van der Waals surface area contributed by atoms with Gasteiger partial charge in [-0.1, -0.05) is 24.2 Å². The van der Waals surface area contributed by atoms with Crippen LogP contribution in [0.2, 0.25) is 0 Å². The average molecular weight is 409 g/mol. The van der Waals surface area contributed by atoms with Crippen molar-refractivity contribution in [2.24, 2.45) is 0 Å². The monoisotopic (exact) mass is 409 g/mol. The zero-order chi connectivity index (χ0) is 21.1. The minimum Gasteiger partial charge on any atom is -0.494 e. The highest BCUT2D eigenvalue weighted by molar-refractivity contribution is 5.80. The van der Waals surface area contributed by atoms with E-state index in [0.717, 1.165) is 23.3 Å². The van der Waals surface area contributed by atoms with Crippen LogP contribution in [0, 0.1) is 5.82 Å². The number of carbonyl (C=O) groups is 1. The lowest BCUT2D eigenvalue weighted by atomic mass is 10.1. The van der Waals surface area contributed by atoms with Crippen LogP contribution in [0.3, 0.4) is 0 Å². The average Bonchev–Trinajstić information content (AvgIpc) is 3.40. The van der Waals surface area contributed by atoms with Gasteiger partial charge in [0.1, 0.15) is 11.6 Å². The van der Waals surface area contributed by atoms with Crippen LogP contribution >= 0.6 is 0 Å². The molecule has 156 valence electrons. The molecule has 1 aromatic heterocycles. The van der Waals surface area contributed by atoms with Crippen molar-refractivity contribution in [2.75, 3.05) is 13.2 Å². The summed E-state index contributed by atoms with van der Waals surface area (Å²) in [5.74, 6) is 1.32. The topological polar surface area (TPSA) is 68.5 Å². The minimum absolute atomic E-state index is 0.0222. The Morgan fingerprint density at radius 2 is 1.93 bits per heavy atom. The Hall–Kier alpha value is -3.22. The largest absolute Gasteiger partial charge is 0.494 e. The minimum atomic E-state index is -0.292. The molecule has 1 fully saturated rings. The van der Waals surface area contributed by atoms with E-state index >= 15 is 0 Å². The quantitative estimate of drug-likeness (QED) is 0.564. The van der Waals surface area contributed by atoms with Gasteiger partial charge in [-0.2, -0.15) is 4.98 Å². The molecule has 7 heteroatoms. The second kappa shape index (κ2) is 8.65. The number of hydrogen-bond donors (Lipinski definition) is 0. The molecular weight excluding hydrogens is 385 g/mol. The Morgan fingerprint density at radius 1 is 1.20 bits per heavy atom. The third-order valence-corrected chi connectivity index (χ3v) is 5.35. The Bertz CT molecular complexity index is 1000. The molecule has 1 amide bonds. The lowest BCUT2D eigenvalue weighted by Gasteiger charge is -2.25. The molecule has 0 saturated carbocycles. The van der Waals surface area contributed by atoms with Crippen LogP contribution < -0.4 is 4.74 Å². The number of nitrogens with zero attached hydrogens (tertiary/aromatic N) is 3. The van der Waals surface area contributed by atoms with E-state index in [2.05, 4.69) is 17.1 Å². The van der Waals surface area contributed by atoms with Gasteiger partial charge in [0.25, 0.3) is 0 Å². The number of carbonyl (C=O) groups excluding carboxylic acids is 1. The molecular formula is C23H24FN3O3. The van der Waals surface area contributed by atoms with Gasteiger partial charge >= 0.3 is 0 Å². The molecule has 1 saturated heterocycles. The molecule has 1 aliphatic rings. The van der Waals surface area contributed by atoms with Crippen LogP contribution in [0.4, 0.5) is 4.39 Å². The highest BCUT2D eigenvalue weighted by atomic mass is 19.1. The van der Waals surface area contributed by atoms with E-state index in [1.807, 2.05) is 31.2 Å². The molecule has 30 heavy (non-hydrogen) atoms. The first kappa shape index (κ1) is 20.1. The molecule has 2 heterocycles. The van der Waals surface area contributed by atoms with Gasteiger partial charge in [0.2, 0.25) is 17.6 Å². The maximum Gasteiger partial charge on any atom is 0.232 e. The van der Waals surface area contributed by atoms with Gasteiger partial charge in [0, 0.05) is 18.5 Å². The standard InChI is InChI=1S/C23H24FN3O3/c1-3-12-29-20-10-6-17(7-11-20)22-25-23(30-26-22)18-13-21(28)27(14-18)15(2)16-4-8-19(24)9-5-16/h4-11,15,18H,3,12-14H2,1-2H3. The fourth-order valence-electron chi connectivity index (χ4n) is 3.63. The highest BCUT2D eigenvalue weighted by Gasteiger charge is 2.37. The van der Waals surface area contributed by atoms with Crippen molar-refractivity contribution < 1.29 is 18.4 Å². The van der Waals surface area contributed by atoms with Crippen LogP contribution in [0.5, 0.6) is 5.75 Å². The van der Waals surface area contributed by atoms with Crippen molar-refractivity contribution >= 4 is 5.91 Å². The van der Waals surface area contributed by atoms with E-state index in [9.17, 15) is 9.18 Å². The van der Waals surface area contributed by atoms with Crippen LogP contribution in [0.1, 0.15) is 50.1 Å². The molecule has 0 bridgehead atoms. The number of amides is 1. The predicted octanol–water partition coefficient (Wildman–Crippen LogP) is 4.74. The SMILES string of the molecule is CCCOc1ccc(-c2noc(C3CC(=O)N(C(C)c4ccc(F)cc4)C3)n2)cc1. The summed E-state index contributed by atoms with van der Waals surface area (Å²) in [5.41, 5.74) is 1.72. The number of rotatable bonds is 7. The molecule has 2 atom stereocenters. The summed E-state index contributed by atoms with van der Waals surface area (Å²) in [6.45, 7) is 5.16. The Morgan fingerprint density at radius 3 is 2.63 bits per heavy atom. The normalized spacial score (nSPS) is 17.4. The van der Waals surface area contributed by atoms with Gasteiger partial charge in [-0.3, -0.25) is 4.79 Å². The number of ether oxygens (including phenoxy) is 1. The zero-order valence-electron chi connectivity index (χ0n) is 17.0. The molecule has 0 spiro atoms. The van der Waals surface area contributed by atoms with Crippen molar-refractivity contribution in [1.29, 1.82) is 0 Å². The van der Waals surface area contributed by atoms with E-state index in [0.29, 0.717) is 31.3 Å². The fraction of sp³-hybridized carbons (Fsp3) is 0.348.